The smallest absolute Gasteiger partial charge is 0.0897 e. The van der Waals surface area contributed by atoms with E-state index >= 15 is 0 Å². The fourth-order valence-electron chi connectivity index (χ4n) is 3.55. The van der Waals surface area contributed by atoms with E-state index in [1.807, 2.05) is 0 Å². The highest BCUT2D eigenvalue weighted by Crippen LogP contribution is 2.29. The summed E-state index contributed by atoms with van der Waals surface area (Å²) < 4.78 is 5.73. The Balaban J connectivity index is 1.43. The summed E-state index contributed by atoms with van der Waals surface area (Å²) in [5.41, 5.74) is 0. The van der Waals surface area contributed by atoms with Gasteiger partial charge in [-0.05, 0) is 37.6 Å². The Hall–Kier alpha value is -0.120. The van der Waals surface area contributed by atoms with Crippen LogP contribution in [-0.2, 0) is 4.74 Å². The predicted molar refractivity (Wildman–Crippen MR) is 82.8 cm³/mol. The van der Waals surface area contributed by atoms with Crippen LogP contribution in [0.4, 0.5) is 0 Å². The first-order valence-electron chi connectivity index (χ1n) is 8.74. The van der Waals surface area contributed by atoms with Gasteiger partial charge in [0, 0.05) is 6.54 Å². The molecule has 2 saturated carbocycles. The second-order valence-electron chi connectivity index (χ2n) is 7.01. The Kier molecular flexibility index (Phi) is 7.32. The molecule has 0 aromatic rings. The zero-order chi connectivity index (χ0) is 14.2. The van der Waals surface area contributed by atoms with E-state index < -0.39 is 0 Å². The molecule has 3 nitrogen and oxygen atoms in total. The minimum Gasteiger partial charge on any atom is -0.389 e. The molecular weight excluding hydrogens is 250 g/mol. The molecule has 2 aliphatic rings. The van der Waals surface area contributed by atoms with Gasteiger partial charge >= 0.3 is 0 Å². The third-order valence-electron chi connectivity index (χ3n) is 5.07. The monoisotopic (exact) mass is 283 g/mol. The van der Waals surface area contributed by atoms with Gasteiger partial charge in [-0.25, -0.2) is 0 Å². The maximum atomic E-state index is 9.89. The first-order chi connectivity index (χ1) is 9.74. The largest absolute Gasteiger partial charge is 0.389 e. The van der Waals surface area contributed by atoms with Crippen LogP contribution in [0.1, 0.15) is 64.7 Å². The number of ether oxygens (including phenoxy) is 1. The van der Waals surface area contributed by atoms with Crippen molar-refractivity contribution in [2.24, 2.45) is 11.8 Å². The second-order valence-corrected chi connectivity index (χ2v) is 7.01. The molecule has 20 heavy (non-hydrogen) atoms. The third-order valence-corrected chi connectivity index (χ3v) is 5.07. The molecule has 0 bridgehead atoms. The van der Waals surface area contributed by atoms with Gasteiger partial charge in [0.1, 0.15) is 0 Å². The SMILES string of the molecule is CC1CCC(CCNCC(O)COC2CCCC2)CC1. The molecule has 0 aliphatic heterocycles. The van der Waals surface area contributed by atoms with Gasteiger partial charge in [0.05, 0.1) is 18.8 Å². The quantitative estimate of drug-likeness (QED) is 0.673. The zero-order valence-corrected chi connectivity index (χ0v) is 13.2. The molecule has 2 rings (SSSR count). The molecule has 0 saturated heterocycles. The van der Waals surface area contributed by atoms with Gasteiger partial charge < -0.3 is 15.2 Å². The molecule has 0 radical (unpaired) electrons. The number of nitrogens with one attached hydrogen (secondary N) is 1. The fraction of sp³-hybridized carbons (Fsp3) is 1.00. The van der Waals surface area contributed by atoms with Crippen LogP contribution < -0.4 is 5.32 Å². The van der Waals surface area contributed by atoms with Crippen molar-refractivity contribution in [1.29, 1.82) is 0 Å². The summed E-state index contributed by atoms with van der Waals surface area (Å²) in [6, 6.07) is 0. The predicted octanol–water partition coefficient (Wildman–Crippen LogP) is 3.11. The molecule has 118 valence electrons. The summed E-state index contributed by atoms with van der Waals surface area (Å²) in [5, 5.41) is 13.3. The molecule has 0 amide bonds. The molecule has 0 heterocycles. The lowest BCUT2D eigenvalue weighted by Gasteiger charge is -2.26. The molecule has 3 heteroatoms. The van der Waals surface area contributed by atoms with Gasteiger partial charge in [0.15, 0.2) is 0 Å². The minimum atomic E-state index is -0.345. The van der Waals surface area contributed by atoms with Gasteiger partial charge in [0.2, 0.25) is 0 Å². The molecule has 0 spiro atoms. The van der Waals surface area contributed by atoms with Crippen LogP contribution in [0.15, 0.2) is 0 Å². The van der Waals surface area contributed by atoms with Gasteiger partial charge in [-0.15, -0.1) is 0 Å². The summed E-state index contributed by atoms with van der Waals surface area (Å²) in [4.78, 5) is 0. The van der Waals surface area contributed by atoms with Crippen LogP contribution >= 0.6 is 0 Å². The highest BCUT2D eigenvalue weighted by Gasteiger charge is 2.18. The lowest BCUT2D eigenvalue weighted by molar-refractivity contribution is -0.00545. The average molecular weight is 283 g/mol. The van der Waals surface area contributed by atoms with Crippen molar-refractivity contribution < 1.29 is 9.84 Å². The Bertz CT molecular complexity index is 245. The summed E-state index contributed by atoms with van der Waals surface area (Å²) >= 11 is 0. The van der Waals surface area contributed by atoms with Gasteiger partial charge in [0.25, 0.3) is 0 Å². The molecule has 0 aromatic carbocycles. The van der Waals surface area contributed by atoms with Gasteiger partial charge in [-0.3, -0.25) is 0 Å². The first-order valence-corrected chi connectivity index (χ1v) is 8.74. The fourth-order valence-corrected chi connectivity index (χ4v) is 3.55. The zero-order valence-electron chi connectivity index (χ0n) is 13.2. The van der Waals surface area contributed by atoms with Crippen LogP contribution in [0.3, 0.4) is 0 Å². The van der Waals surface area contributed by atoms with E-state index in [9.17, 15) is 5.11 Å². The summed E-state index contributed by atoms with van der Waals surface area (Å²) in [6.07, 6.45) is 11.9. The van der Waals surface area contributed by atoms with E-state index in [4.69, 9.17) is 4.74 Å². The van der Waals surface area contributed by atoms with Crippen molar-refractivity contribution in [2.75, 3.05) is 19.7 Å². The highest BCUT2D eigenvalue weighted by atomic mass is 16.5. The lowest BCUT2D eigenvalue weighted by Crippen LogP contribution is -2.33. The Labute approximate surface area is 124 Å². The van der Waals surface area contributed by atoms with E-state index in [1.165, 1.54) is 57.8 Å². The molecule has 2 fully saturated rings. The minimum absolute atomic E-state index is 0.345. The number of hydrogen-bond donors (Lipinski definition) is 2. The van der Waals surface area contributed by atoms with E-state index in [0.29, 0.717) is 19.3 Å². The summed E-state index contributed by atoms with van der Waals surface area (Å²) in [7, 11) is 0. The molecule has 2 aliphatic carbocycles. The maximum absolute atomic E-state index is 9.89. The lowest BCUT2D eigenvalue weighted by atomic mass is 9.81. The van der Waals surface area contributed by atoms with E-state index in [2.05, 4.69) is 12.2 Å². The van der Waals surface area contributed by atoms with E-state index in [-0.39, 0.29) is 6.10 Å². The Morgan fingerprint density at radius 1 is 1.10 bits per heavy atom. The van der Waals surface area contributed by atoms with Crippen molar-refractivity contribution in [2.45, 2.75) is 76.9 Å². The van der Waals surface area contributed by atoms with E-state index in [0.717, 1.165) is 18.4 Å². The summed E-state index contributed by atoms with van der Waals surface area (Å²) in [5.74, 6) is 1.85. The van der Waals surface area contributed by atoms with E-state index in [1.54, 1.807) is 0 Å². The molecule has 1 unspecified atom stereocenters. The van der Waals surface area contributed by atoms with Crippen LogP contribution in [-0.4, -0.2) is 37.0 Å². The molecule has 1 atom stereocenters. The molecule has 0 aromatic heterocycles. The number of aliphatic hydroxyl groups is 1. The highest BCUT2D eigenvalue weighted by molar-refractivity contribution is 4.72. The van der Waals surface area contributed by atoms with Crippen LogP contribution in [0, 0.1) is 11.8 Å². The van der Waals surface area contributed by atoms with Crippen molar-refractivity contribution in [3.63, 3.8) is 0 Å². The van der Waals surface area contributed by atoms with Gasteiger partial charge in [-0.1, -0.05) is 45.4 Å². The van der Waals surface area contributed by atoms with Crippen LogP contribution in [0.25, 0.3) is 0 Å². The number of hydrogen-bond acceptors (Lipinski definition) is 3. The van der Waals surface area contributed by atoms with Gasteiger partial charge in [-0.2, -0.15) is 0 Å². The normalized spacial score (nSPS) is 29.7. The average Bonchev–Trinajstić information content (AvgIpc) is 2.96. The van der Waals surface area contributed by atoms with Crippen molar-refractivity contribution in [1.82, 2.24) is 5.32 Å². The van der Waals surface area contributed by atoms with Crippen molar-refractivity contribution in [3.8, 4) is 0 Å². The molecular formula is C17H33NO2. The van der Waals surface area contributed by atoms with Crippen LogP contribution in [0.2, 0.25) is 0 Å². The number of rotatable bonds is 8. The standard InChI is InChI=1S/C17H33NO2/c1-14-6-8-15(9-7-14)10-11-18-12-16(19)13-20-17-4-2-3-5-17/h14-19H,2-13H2,1H3. The first kappa shape index (κ1) is 16.3. The topological polar surface area (TPSA) is 41.5 Å². The van der Waals surface area contributed by atoms with Crippen molar-refractivity contribution in [3.05, 3.63) is 0 Å². The van der Waals surface area contributed by atoms with Crippen molar-refractivity contribution >= 4 is 0 Å². The number of aliphatic hydroxyl groups excluding tert-OH is 1. The summed E-state index contributed by atoms with van der Waals surface area (Å²) in [6.45, 7) is 4.59. The second kappa shape index (κ2) is 9.01. The third kappa shape index (κ3) is 6.11. The maximum Gasteiger partial charge on any atom is 0.0897 e. The molecule has 2 N–H and O–H groups in total. The Morgan fingerprint density at radius 3 is 2.50 bits per heavy atom. The Morgan fingerprint density at radius 2 is 1.80 bits per heavy atom. The van der Waals surface area contributed by atoms with Crippen LogP contribution in [0.5, 0.6) is 0 Å².